The van der Waals surface area contributed by atoms with E-state index in [0.29, 0.717) is 32.4 Å². The van der Waals surface area contributed by atoms with Crippen molar-refractivity contribution in [1.29, 1.82) is 0 Å². The second-order valence-electron chi connectivity index (χ2n) is 4.22. The molecule has 1 amide bonds. The van der Waals surface area contributed by atoms with Crippen molar-refractivity contribution in [2.45, 2.75) is 44.2 Å². The summed E-state index contributed by atoms with van der Waals surface area (Å²) in [5.41, 5.74) is 16.3. The summed E-state index contributed by atoms with van der Waals surface area (Å²) < 4.78 is 0. The number of hydrogen-bond donors (Lipinski definition) is 5. The summed E-state index contributed by atoms with van der Waals surface area (Å²) in [7, 11) is 0. The lowest BCUT2D eigenvalue weighted by Gasteiger charge is -2.17. The maximum atomic E-state index is 11.7. The lowest BCUT2D eigenvalue weighted by Crippen LogP contribution is -2.48. The lowest BCUT2D eigenvalue weighted by atomic mass is 10.1. The van der Waals surface area contributed by atoms with Crippen molar-refractivity contribution in [3.8, 4) is 0 Å². The van der Waals surface area contributed by atoms with Crippen LogP contribution in [0.3, 0.4) is 0 Å². The Morgan fingerprint density at radius 2 is 1.67 bits per heavy atom. The first-order valence-corrected chi connectivity index (χ1v) is 6.21. The molecule has 8 N–H and O–H groups in total. The van der Waals surface area contributed by atoms with Crippen molar-refractivity contribution in [3.05, 3.63) is 0 Å². The van der Waals surface area contributed by atoms with E-state index in [-0.39, 0.29) is 0 Å². The Morgan fingerprint density at radius 1 is 1.06 bits per heavy atom. The molecule has 7 nitrogen and oxygen atoms in total. The fraction of sp³-hybridized carbons (Fsp3) is 0.818. The number of carbonyl (C=O) groups excluding carboxylic acids is 1. The Balaban J connectivity index is 4.10. The van der Waals surface area contributed by atoms with E-state index in [2.05, 4.69) is 5.32 Å². The first-order chi connectivity index (χ1) is 8.52. The first-order valence-electron chi connectivity index (χ1n) is 6.21. The molecule has 0 aromatic heterocycles. The molecule has 0 bridgehead atoms. The van der Waals surface area contributed by atoms with Crippen LogP contribution in [0.2, 0.25) is 0 Å². The number of aliphatic carboxylic acids is 1. The fourth-order valence-electron chi connectivity index (χ4n) is 1.50. The van der Waals surface area contributed by atoms with Crippen molar-refractivity contribution in [2.75, 3.05) is 13.1 Å². The number of carboxylic acid groups (broad SMARTS) is 1. The molecule has 0 aliphatic rings. The molecule has 0 aromatic carbocycles. The van der Waals surface area contributed by atoms with E-state index < -0.39 is 24.0 Å². The zero-order valence-electron chi connectivity index (χ0n) is 10.6. The molecule has 0 radical (unpaired) electrons. The van der Waals surface area contributed by atoms with Crippen LogP contribution in [-0.4, -0.2) is 42.2 Å². The molecule has 0 aliphatic heterocycles. The van der Waals surface area contributed by atoms with Crippen LogP contribution in [0, 0.1) is 0 Å². The highest BCUT2D eigenvalue weighted by atomic mass is 16.4. The fourth-order valence-corrected chi connectivity index (χ4v) is 1.50. The topological polar surface area (TPSA) is 144 Å². The van der Waals surface area contributed by atoms with E-state index in [0.717, 1.165) is 12.8 Å². The Bertz CT molecular complexity index is 261. The number of rotatable bonds is 10. The van der Waals surface area contributed by atoms with Gasteiger partial charge in [-0.3, -0.25) is 4.79 Å². The minimum Gasteiger partial charge on any atom is -0.480 e. The van der Waals surface area contributed by atoms with Crippen molar-refractivity contribution >= 4 is 11.9 Å². The second-order valence-corrected chi connectivity index (χ2v) is 4.22. The SMILES string of the molecule is NCCCCC(N)C(=O)NC(CCCN)C(=O)O. The monoisotopic (exact) mass is 260 g/mol. The number of carbonyl (C=O) groups is 2. The number of amides is 1. The molecule has 0 fully saturated rings. The predicted octanol–water partition coefficient (Wildman–Crippen LogP) is -1.25. The van der Waals surface area contributed by atoms with Gasteiger partial charge in [0, 0.05) is 0 Å². The minimum absolute atomic E-state index is 0.313. The maximum absolute atomic E-state index is 11.7. The van der Waals surface area contributed by atoms with Crippen molar-refractivity contribution in [1.82, 2.24) is 5.32 Å². The summed E-state index contributed by atoms with van der Waals surface area (Å²) in [6.45, 7) is 0.949. The third-order valence-corrected chi connectivity index (χ3v) is 2.62. The lowest BCUT2D eigenvalue weighted by molar-refractivity contribution is -0.142. The molecular formula is C11H24N4O3. The van der Waals surface area contributed by atoms with Crippen molar-refractivity contribution in [3.63, 3.8) is 0 Å². The van der Waals surface area contributed by atoms with Crippen molar-refractivity contribution in [2.24, 2.45) is 17.2 Å². The predicted molar refractivity (Wildman–Crippen MR) is 68.7 cm³/mol. The molecule has 0 rings (SSSR count). The summed E-state index contributed by atoms with van der Waals surface area (Å²) in [5, 5.41) is 11.4. The number of nitrogens with one attached hydrogen (secondary N) is 1. The summed E-state index contributed by atoms with van der Waals surface area (Å²) in [5.74, 6) is -1.50. The molecule has 18 heavy (non-hydrogen) atoms. The van der Waals surface area contributed by atoms with Crippen LogP contribution >= 0.6 is 0 Å². The van der Waals surface area contributed by atoms with Gasteiger partial charge in [0.15, 0.2) is 0 Å². The van der Waals surface area contributed by atoms with E-state index in [1.165, 1.54) is 0 Å². The van der Waals surface area contributed by atoms with Gasteiger partial charge in [0.1, 0.15) is 6.04 Å². The van der Waals surface area contributed by atoms with E-state index >= 15 is 0 Å². The Labute approximate surface area is 107 Å². The highest BCUT2D eigenvalue weighted by Gasteiger charge is 2.22. The molecule has 7 heteroatoms. The molecular weight excluding hydrogens is 236 g/mol. The third-order valence-electron chi connectivity index (χ3n) is 2.62. The number of carboxylic acids is 1. The normalized spacial score (nSPS) is 13.9. The van der Waals surface area contributed by atoms with Gasteiger partial charge in [0.05, 0.1) is 6.04 Å². The molecule has 0 aromatic rings. The smallest absolute Gasteiger partial charge is 0.326 e. The zero-order chi connectivity index (χ0) is 14.0. The van der Waals surface area contributed by atoms with Crippen LogP contribution in [0.5, 0.6) is 0 Å². The quantitative estimate of drug-likeness (QED) is 0.310. The Morgan fingerprint density at radius 3 is 2.17 bits per heavy atom. The van der Waals surface area contributed by atoms with Crippen LogP contribution in [0.1, 0.15) is 32.1 Å². The van der Waals surface area contributed by atoms with Gasteiger partial charge in [-0.2, -0.15) is 0 Å². The van der Waals surface area contributed by atoms with Gasteiger partial charge in [-0.05, 0) is 38.8 Å². The molecule has 0 spiro atoms. The molecule has 106 valence electrons. The van der Waals surface area contributed by atoms with Crippen LogP contribution in [-0.2, 0) is 9.59 Å². The maximum Gasteiger partial charge on any atom is 0.326 e. The van der Waals surface area contributed by atoms with Gasteiger partial charge in [0.2, 0.25) is 5.91 Å². The van der Waals surface area contributed by atoms with Crippen LogP contribution in [0.15, 0.2) is 0 Å². The zero-order valence-corrected chi connectivity index (χ0v) is 10.6. The number of hydrogen-bond acceptors (Lipinski definition) is 5. The van der Waals surface area contributed by atoms with E-state index in [1.807, 2.05) is 0 Å². The van der Waals surface area contributed by atoms with Gasteiger partial charge in [-0.25, -0.2) is 4.79 Å². The van der Waals surface area contributed by atoms with Crippen LogP contribution in [0.4, 0.5) is 0 Å². The minimum atomic E-state index is -1.06. The summed E-state index contributed by atoms with van der Waals surface area (Å²) in [6.07, 6.45) is 2.92. The number of unbranched alkanes of at least 4 members (excludes halogenated alkanes) is 1. The molecule has 2 unspecified atom stereocenters. The second kappa shape index (κ2) is 9.81. The Kier molecular flexibility index (Phi) is 9.17. The molecule has 2 atom stereocenters. The summed E-state index contributed by atoms with van der Waals surface area (Å²) >= 11 is 0. The average Bonchev–Trinajstić information content (AvgIpc) is 2.33. The molecule has 0 aliphatic carbocycles. The van der Waals surface area contributed by atoms with Gasteiger partial charge in [-0.1, -0.05) is 6.42 Å². The standard InChI is InChI=1S/C11H24N4O3/c12-6-2-1-4-8(14)10(16)15-9(11(17)18)5-3-7-13/h8-9H,1-7,12-14H2,(H,15,16)(H,17,18). The third kappa shape index (κ3) is 7.21. The molecule has 0 heterocycles. The van der Waals surface area contributed by atoms with Gasteiger partial charge in [0.25, 0.3) is 0 Å². The van der Waals surface area contributed by atoms with Crippen LogP contribution < -0.4 is 22.5 Å². The summed E-state index contributed by atoms with van der Waals surface area (Å²) in [6, 6.07) is -1.60. The molecule has 0 saturated heterocycles. The summed E-state index contributed by atoms with van der Waals surface area (Å²) in [4.78, 5) is 22.6. The Hall–Kier alpha value is -1.18. The average molecular weight is 260 g/mol. The van der Waals surface area contributed by atoms with Gasteiger partial charge >= 0.3 is 5.97 Å². The van der Waals surface area contributed by atoms with Crippen molar-refractivity contribution < 1.29 is 14.7 Å². The molecule has 0 saturated carbocycles. The highest BCUT2D eigenvalue weighted by molar-refractivity contribution is 5.86. The van der Waals surface area contributed by atoms with E-state index in [4.69, 9.17) is 22.3 Å². The van der Waals surface area contributed by atoms with Gasteiger partial charge in [-0.15, -0.1) is 0 Å². The highest BCUT2D eigenvalue weighted by Crippen LogP contribution is 2.01. The van der Waals surface area contributed by atoms with Crippen LogP contribution in [0.25, 0.3) is 0 Å². The largest absolute Gasteiger partial charge is 0.480 e. The van der Waals surface area contributed by atoms with E-state index in [1.54, 1.807) is 0 Å². The van der Waals surface area contributed by atoms with E-state index in [9.17, 15) is 9.59 Å². The number of nitrogens with two attached hydrogens (primary N) is 3. The van der Waals surface area contributed by atoms with Gasteiger partial charge < -0.3 is 27.6 Å². The first kappa shape index (κ1) is 16.8.